The second-order valence-electron chi connectivity index (χ2n) is 3.97. The van der Waals surface area contributed by atoms with Gasteiger partial charge in [-0.15, -0.1) is 0 Å². The molecule has 0 aliphatic heterocycles. The largest absolute Gasteiger partial charge is 0.377 e. The van der Waals surface area contributed by atoms with E-state index in [2.05, 4.69) is 0 Å². The van der Waals surface area contributed by atoms with E-state index in [1.54, 1.807) is 0 Å². The molecule has 0 heterocycles. The smallest absolute Gasteiger partial charge is 0.149 e. The van der Waals surface area contributed by atoms with Gasteiger partial charge in [0.1, 0.15) is 9.84 Å². The van der Waals surface area contributed by atoms with E-state index in [-0.39, 0.29) is 11.9 Å². The van der Waals surface area contributed by atoms with Gasteiger partial charge in [0.2, 0.25) is 0 Å². The number of rotatable bonds is 5. The van der Waals surface area contributed by atoms with Gasteiger partial charge in [-0.1, -0.05) is 6.42 Å². The van der Waals surface area contributed by atoms with Gasteiger partial charge in [0.25, 0.3) is 0 Å². The summed E-state index contributed by atoms with van der Waals surface area (Å²) in [5.41, 5.74) is 5.58. The number of ether oxygens (including phenoxy) is 1. The molecule has 0 spiro atoms. The molecule has 2 N–H and O–H groups in total. The summed E-state index contributed by atoms with van der Waals surface area (Å²) in [6.07, 6.45) is 4.68. The number of sulfone groups is 1. The predicted molar refractivity (Wildman–Crippen MR) is 55.8 cm³/mol. The Balaban J connectivity index is 2.24. The Morgan fingerprint density at radius 2 is 2.14 bits per heavy atom. The maximum absolute atomic E-state index is 10.9. The van der Waals surface area contributed by atoms with Gasteiger partial charge in [-0.2, -0.15) is 0 Å². The van der Waals surface area contributed by atoms with Gasteiger partial charge in [-0.05, 0) is 25.3 Å². The molecule has 0 aromatic rings. The fourth-order valence-electron chi connectivity index (χ4n) is 1.84. The fourth-order valence-corrected chi connectivity index (χ4v) is 2.24. The summed E-state index contributed by atoms with van der Waals surface area (Å²) in [5.74, 6) is 0.537. The van der Waals surface area contributed by atoms with Crippen molar-refractivity contribution in [2.45, 2.75) is 25.4 Å². The second kappa shape index (κ2) is 5.09. The van der Waals surface area contributed by atoms with Crippen LogP contribution >= 0.6 is 0 Å². The van der Waals surface area contributed by atoms with Crippen molar-refractivity contribution in [3.05, 3.63) is 0 Å². The minimum Gasteiger partial charge on any atom is -0.377 e. The first-order valence-corrected chi connectivity index (χ1v) is 7.08. The normalized spacial score (nSPS) is 28.1. The van der Waals surface area contributed by atoms with Crippen molar-refractivity contribution in [2.24, 2.45) is 11.7 Å². The second-order valence-corrected chi connectivity index (χ2v) is 6.23. The molecular formula is C9H19NO3S. The highest BCUT2D eigenvalue weighted by atomic mass is 32.2. The minimum atomic E-state index is -2.90. The summed E-state index contributed by atoms with van der Waals surface area (Å²) >= 11 is 0. The Labute approximate surface area is 85.7 Å². The van der Waals surface area contributed by atoms with Crippen LogP contribution in [-0.4, -0.2) is 39.7 Å². The average Bonchev–Trinajstić information content (AvgIpc) is 2.49. The van der Waals surface area contributed by atoms with Crippen LogP contribution in [0.5, 0.6) is 0 Å². The molecule has 2 unspecified atom stereocenters. The molecular weight excluding hydrogens is 202 g/mol. The van der Waals surface area contributed by atoms with Crippen LogP contribution in [0.25, 0.3) is 0 Å². The molecule has 0 aromatic carbocycles. The molecule has 1 fully saturated rings. The lowest BCUT2D eigenvalue weighted by atomic mass is 10.1. The van der Waals surface area contributed by atoms with E-state index in [0.29, 0.717) is 19.1 Å². The molecule has 1 aliphatic carbocycles. The summed E-state index contributed by atoms with van der Waals surface area (Å²) in [5, 5.41) is 0. The lowest BCUT2D eigenvalue weighted by Gasteiger charge is -2.18. The molecule has 1 rings (SSSR count). The van der Waals surface area contributed by atoms with Crippen molar-refractivity contribution >= 4 is 9.84 Å². The van der Waals surface area contributed by atoms with Gasteiger partial charge in [-0.3, -0.25) is 0 Å². The maximum atomic E-state index is 10.9. The van der Waals surface area contributed by atoms with Gasteiger partial charge in [0, 0.05) is 6.26 Å². The number of hydrogen-bond acceptors (Lipinski definition) is 4. The van der Waals surface area contributed by atoms with E-state index < -0.39 is 9.84 Å². The topological polar surface area (TPSA) is 69.4 Å². The standard InChI is InChI=1S/C9H19NO3S/c1-14(11,12)6-5-13-9-4-2-3-8(9)7-10/h8-9H,2-7,10H2,1H3. The number of nitrogens with two attached hydrogens (primary N) is 1. The fraction of sp³-hybridized carbons (Fsp3) is 1.00. The quantitative estimate of drug-likeness (QED) is 0.718. The summed E-state index contributed by atoms with van der Waals surface area (Å²) in [6.45, 7) is 0.948. The Kier molecular flexibility index (Phi) is 4.34. The van der Waals surface area contributed by atoms with E-state index in [4.69, 9.17) is 10.5 Å². The van der Waals surface area contributed by atoms with Crippen LogP contribution in [0, 0.1) is 5.92 Å². The van der Waals surface area contributed by atoms with Crippen molar-refractivity contribution in [2.75, 3.05) is 25.2 Å². The highest BCUT2D eigenvalue weighted by molar-refractivity contribution is 7.90. The van der Waals surface area contributed by atoms with Crippen LogP contribution in [0.3, 0.4) is 0 Å². The first kappa shape index (κ1) is 11.9. The van der Waals surface area contributed by atoms with Crippen molar-refractivity contribution in [3.8, 4) is 0 Å². The van der Waals surface area contributed by atoms with Crippen molar-refractivity contribution in [3.63, 3.8) is 0 Å². The first-order valence-electron chi connectivity index (χ1n) is 5.02. The molecule has 0 saturated heterocycles. The SMILES string of the molecule is CS(=O)(=O)CCOC1CCCC1CN. The Morgan fingerprint density at radius 3 is 2.71 bits per heavy atom. The van der Waals surface area contributed by atoms with E-state index in [9.17, 15) is 8.42 Å². The lowest BCUT2D eigenvalue weighted by Crippen LogP contribution is -2.27. The Bertz CT molecular complexity index is 263. The average molecular weight is 221 g/mol. The van der Waals surface area contributed by atoms with E-state index >= 15 is 0 Å². The van der Waals surface area contributed by atoms with Gasteiger partial charge >= 0.3 is 0 Å². The maximum Gasteiger partial charge on any atom is 0.149 e. The zero-order valence-electron chi connectivity index (χ0n) is 8.61. The summed E-state index contributed by atoms with van der Waals surface area (Å²) in [4.78, 5) is 0. The lowest BCUT2D eigenvalue weighted by molar-refractivity contribution is 0.0399. The highest BCUT2D eigenvalue weighted by Gasteiger charge is 2.26. The van der Waals surface area contributed by atoms with Crippen LogP contribution in [0.4, 0.5) is 0 Å². The van der Waals surface area contributed by atoms with Gasteiger partial charge in [0.05, 0.1) is 18.5 Å². The minimum absolute atomic E-state index is 0.112. The van der Waals surface area contributed by atoms with Crippen LogP contribution in [-0.2, 0) is 14.6 Å². The van der Waals surface area contributed by atoms with Crippen LogP contribution in [0.1, 0.15) is 19.3 Å². The van der Waals surface area contributed by atoms with Crippen LogP contribution in [0.15, 0.2) is 0 Å². The van der Waals surface area contributed by atoms with E-state index in [0.717, 1.165) is 19.3 Å². The Hall–Kier alpha value is -0.130. The molecule has 4 nitrogen and oxygen atoms in total. The molecule has 14 heavy (non-hydrogen) atoms. The van der Waals surface area contributed by atoms with Crippen molar-refractivity contribution < 1.29 is 13.2 Å². The molecule has 5 heteroatoms. The van der Waals surface area contributed by atoms with Crippen molar-refractivity contribution in [1.82, 2.24) is 0 Å². The molecule has 0 bridgehead atoms. The highest BCUT2D eigenvalue weighted by Crippen LogP contribution is 2.27. The van der Waals surface area contributed by atoms with Gasteiger partial charge < -0.3 is 10.5 Å². The van der Waals surface area contributed by atoms with Crippen LogP contribution < -0.4 is 5.73 Å². The van der Waals surface area contributed by atoms with Crippen LogP contribution in [0.2, 0.25) is 0 Å². The zero-order valence-corrected chi connectivity index (χ0v) is 9.42. The molecule has 1 saturated carbocycles. The molecule has 84 valence electrons. The molecule has 2 atom stereocenters. The van der Waals surface area contributed by atoms with Crippen molar-refractivity contribution in [1.29, 1.82) is 0 Å². The third-order valence-electron chi connectivity index (χ3n) is 2.68. The Morgan fingerprint density at radius 1 is 1.43 bits per heavy atom. The van der Waals surface area contributed by atoms with E-state index in [1.807, 2.05) is 0 Å². The van der Waals surface area contributed by atoms with Gasteiger partial charge in [0.15, 0.2) is 0 Å². The first-order chi connectivity index (χ1) is 6.53. The summed E-state index contributed by atoms with van der Waals surface area (Å²) in [7, 11) is -2.90. The zero-order chi connectivity index (χ0) is 10.6. The monoisotopic (exact) mass is 221 g/mol. The molecule has 0 radical (unpaired) electrons. The summed E-state index contributed by atoms with van der Waals surface area (Å²) in [6, 6.07) is 0. The third-order valence-corrected chi connectivity index (χ3v) is 3.59. The van der Waals surface area contributed by atoms with E-state index in [1.165, 1.54) is 6.26 Å². The molecule has 0 aromatic heterocycles. The summed E-state index contributed by atoms with van der Waals surface area (Å²) < 4.78 is 27.2. The molecule has 1 aliphatic rings. The third kappa shape index (κ3) is 3.94. The molecule has 0 amide bonds. The van der Waals surface area contributed by atoms with Gasteiger partial charge in [-0.25, -0.2) is 8.42 Å². The number of hydrogen-bond donors (Lipinski definition) is 1. The predicted octanol–water partition coefficient (Wildman–Crippen LogP) is 0.175.